The van der Waals surface area contributed by atoms with Gasteiger partial charge >= 0.3 is 0 Å². The first-order valence-corrected chi connectivity index (χ1v) is 15.8. The molecule has 4 nitrogen and oxygen atoms in total. The van der Waals surface area contributed by atoms with Crippen molar-refractivity contribution in [3.05, 3.63) is 158 Å². The number of rotatable bonds is 5. The number of fused-ring (bicyclic) bond motifs is 2. The molecule has 4 N–H and O–H groups in total. The van der Waals surface area contributed by atoms with Gasteiger partial charge in [-0.1, -0.05) is 121 Å². The lowest BCUT2D eigenvalue weighted by atomic mass is 9.86. The van der Waals surface area contributed by atoms with E-state index >= 15 is 0 Å². The summed E-state index contributed by atoms with van der Waals surface area (Å²) in [5, 5.41) is 50.2. The van der Waals surface area contributed by atoms with Crippen LogP contribution < -0.4 is 0 Å². The second-order valence-electron chi connectivity index (χ2n) is 11.9. The van der Waals surface area contributed by atoms with Crippen LogP contribution in [-0.4, -0.2) is 20.4 Å². The smallest absolute Gasteiger partial charge is 0.132 e. The predicted molar refractivity (Wildman–Crippen MR) is 195 cm³/mol. The van der Waals surface area contributed by atoms with Crippen LogP contribution in [0.15, 0.2) is 158 Å². The van der Waals surface area contributed by atoms with Crippen LogP contribution in [-0.2, 0) is 0 Å². The fourth-order valence-electron chi connectivity index (χ4n) is 6.73. The molecule has 0 radical (unpaired) electrons. The lowest BCUT2D eigenvalue weighted by molar-refractivity contribution is 0.466. The van der Waals surface area contributed by atoms with E-state index in [9.17, 15) is 20.4 Å². The minimum atomic E-state index is -0.0716. The van der Waals surface area contributed by atoms with Crippen molar-refractivity contribution >= 4 is 21.5 Å². The number of hydrogen-bond acceptors (Lipinski definition) is 4. The van der Waals surface area contributed by atoms with Gasteiger partial charge in [-0.2, -0.15) is 0 Å². The van der Waals surface area contributed by atoms with Crippen molar-refractivity contribution < 1.29 is 20.4 Å². The summed E-state index contributed by atoms with van der Waals surface area (Å²) in [5.41, 5.74) is 6.32. The Morgan fingerprint density at radius 3 is 1.06 bits per heavy atom. The van der Waals surface area contributed by atoms with E-state index in [2.05, 4.69) is 0 Å². The van der Waals surface area contributed by atoms with E-state index in [0.29, 0.717) is 33.4 Å². The maximum atomic E-state index is 12.2. The molecule has 0 fully saturated rings. The first-order valence-electron chi connectivity index (χ1n) is 15.8. The summed E-state index contributed by atoms with van der Waals surface area (Å²) in [6.07, 6.45) is 0. The number of aromatic hydroxyl groups is 4. The zero-order valence-electron chi connectivity index (χ0n) is 25.8. The zero-order valence-corrected chi connectivity index (χ0v) is 25.8. The summed E-state index contributed by atoms with van der Waals surface area (Å²) in [6.45, 7) is 0. The summed E-state index contributed by atoms with van der Waals surface area (Å²) < 4.78 is 0. The lowest BCUT2D eigenvalue weighted by Crippen LogP contribution is -1.93. The van der Waals surface area contributed by atoms with Gasteiger partial charge in [-0.3, -0.25) is 0 Å². The van der Waals surface area contributed by atoms with E-state index in [4.69, 9.17) is 0 Å². The number of benzene rings is 8. The number of phenolic OH excluding ortho intramolecular Hbond substituents is 4. The highest BCUT2D eigenvalue weighted by Gasteiger charge is 2.25. The molecule has 4 heteroatoms. The van der Waals surface area contributed by atoms with Gasteiger partial charge in [-0.05, 0) is 80.2 Å². The van der Waals surface area contributed by atoms with E-state index in [0.717, 1.165) is 43.8 Å². The van der Waals surface area contributed by atoms with Gasteiger partial charge in [0.1, 0.15) is 23.0 Å². The van der Waals surface area contributed by atoms with Crippen LogP contribution in [0.5, 0.6) is 23.0 Å². The molecular weight excluding hydrogens is 592 g/mol. The average molecular weight is 623 g/mol. The normalized spacial score (nSPS) is 11.2. The second kappa shape index (κ2) is 11.7. The van der Waals surface area contributed by atoms with Gasteiger partial charge in [-0.15, -0.1) is 0 Å². The van der Waals surface area contributed by atoms with Gasteiger partial charge in [0.2, 0.25) is 0 Å². The van der Waals surface area contributed by atoms with Crippen LogP contribution >= 0.6 is 0 Å². The molecule has 0 bridgehead atoms. The third-order valence-electron chi connectivity index (χ3n) is 9.08. The number of phenols is 4. The molecule has 8 rings (SSSR count). The van der Waals surface area contributed by atoms with Gasteiger partial charge < -0.3 is 20.4 Å². The molecule has 0 saturated carbocycles. The Balaban J connectivity index is 1.37. The fraction of sp³-hybridized carbons (Fsp3) is 0. The van der Waals surface area contributed by atoms with Crippen LogP contribution in [0.4, 0.5) is 0 Å². The van der Waals surface area contributed by atoms with Crippen molar-refractivity contribution in [2.75, 3.05) is 0 Å². The first kappa shape index (κ1) is 28.9. The summed E-state index contributed by atoms with van der Waals surface area (Å²) in [6, 6.07) is 49.6. The molecule has 230 valence electrons. The third-order valence-corrected chi connectivity index (χ3v) is 9.08. The van der Waals surface area contributed by atoms with Gasteiger partial charge in [0, 0.05) is 33.4 Å². The highest BCUT2D eigenvalue weighted by molar-refractivity contribution is 6.14. The molecule has 0 heterocycles. The topological polar surface area (TPSA) is 80.9 Å². The highest BCUT2D eigenvalue weighted by Crippen LogP contribution is 2.53. The molecule has 0 amide bonds. The predicted octanol–water partition coefficient (Wildman–Crippen LogP) is 11.2. The third kappa shape index (κ3) is 4.88. The van der Waals surface area contributed by atoms with Gasteiger partial charge in [0.05, 0.1) is 0 Å². The van der Waals surface area contributed by atoms with E-state index < -0.39 is 0 Å². The van der Waals surface area contributed by atoms with Gasteiger partial charge in [0.15, 0.2) is 0 Å². The maximum absolute atomic E-state index is 12.2. The summed E-state index contributed by atoms with van der Waals surface area (Å²) in [5.74, 6) is -0.0892. The monoisotopic (exact) mass is 622 g/mol. The van der Waals surface area contributed by atoms with Crippen LogP contribution in [0.3, 0.4) is 0 Å². The van der Waals surface area contributed by atoms with Crippen molar-refractivity contribution in [1.29, 1.82) is 0 Å². The van der Waals surface area contributed by atoms with Crippen LogP contribution in [0.2, 0.25) is 0 Å². The van der Waals surface area contributed by atoms with E-state index in [1.54, 1.807) is 12.1 Å². The Hall–Kier alpha value is -6.52. The summed E-state index contributed by atoms with van der Waals surface area (Å²) in [7, 11) is 0. The van der Waals surface area contributed by atoms with E-state index in [1.807, 2.05) is 146 Å². The number of hydrogen-bond donors (Lipinski definition) is 4. The van der Waals surface area contributed by atoms with Crippen LogP contribution in [0.1, 0.15) is 0 Å². The minimum absolute atomic E-state index is 0.0270. The second-order valence-corrected chi connectivity index (χ2v) is 11.9. The summed E-state index contributed by atoms with van der Waals surface area (Å²) in [4.78, 5) is 0. The van der Waals surface area contributed by atoms with Crippen molar-refractivity contribution in [1.82, 2.24) is 0 Å². The standard InChI is InChI=1S/C44H30O4/c45-39-25-29(27-11-3-1-4-12-27)19-21-35(39)37-23-31-15-7-9-17-33(31)41(43(37)47)42-34-18-10-8-16-32(34)24-38(44(42)48)36-22-20-30(26-40(36)46)28-13-5-2-6-14-28/h1-26,45-48H. The molecule has 0 saturated heterocycles. The first-order chi connectivity index (χ1) is 23.5. The van der Waals surface area contributed by atoms with Crippen molar-refractivity contribution in [3.8, 4) is 78.6 Å². The van der Waals surface area contributed by atoms with Crippen molar-refractivity contribution in [3.63, 3.8) is 0 Å². The quantitative estimate of drug-likeness (QED) is 0.154. The Morgan fingerprint density at radius 2 is 0.667 bits per heavy atom. The molecule has 0 aliphatic rings. The molecule has 8 aromatic rings. The highest BCUT2D eigenvalue weighted by atomic mass is 16.3. The zero-order chi connectivity index (χ0) is 32.8. The molecule has 0 aromatic heterocycles. The minimum Gasteiger partial charge on any atom is -0.507 e. The van der Waals surface area contributed by atoms with Gasteiger partial charge in [-0.25, -0.2) is 0 Å². The van der Waals surface area contributed by atoms with E-state index in [-0.39, 0.29) is 23.0 Å². The van der Waals surface area contributed by atoms with Gasteiger partial charge in [0.25, 0.3) is 0 Å². The Kier molecular flexibility index (Phi) is 7.04. The van der Waals surface area contributed by atoms with Crippen molar-refractivity contribution in [2.45, 2.75) is 0 Å². The largest absolute Gasteiger partial charge is 0.507 e. The van der Waals surface area contributed by atoms with Crippen LogP contribution in [0, 0.1) is 0 Å². The molecule has 48 heavy (non-hydrogen) atoms. The Bertz CT molecular complexity index is 2310. The molecule has 0 unspecified atom stereocenters. The van der Waals surface area contributed by atoms with Crippen molar-refractivity contribution in [2.24, 2.45) is 0 Å². The molecule has 0 aliphatic carbocycles. The molecule has 8 aromatic carbocycles. The fourth-order valence-corrected chi connectivity index (χ4v) is 6.73. The van der Waals surface area contributed by atoms with E-state index in [1.165, 1.54) is 0 Å². The maximum Gasteiger partial charge on any atom is 0.132 e. The summed E-state index contributed by atoms with van der Waals surface area (Å²) >= 11 is 0. The Labute approximate surface area is 277 Å². The average Bonchev–Trinajstić information content (AvgIpc) is 3.13. The SMILES string of the molecule is Oc1cc(-c2ccccc2)ccc1-c1cc2ccccc2c(-c2c(O)c(-c3ccc(-c4ccccc4)cc3O)cc3ccccc23)c1O. The molecule has 0 atom stereocenters. The molecular formula is C44H30O4. The Morgan fingerprint density at radius 1 is 0.292 bits per heavy atom. The molecule has 0 aliphatic heterocycles. The molecule has 0 spiro atoms. The van der Waals surface area contributed by atoms with Crippen LogP contribution in [0.25, 0.3) is 77.2 Å². The lowest BCUT2D eigenvalue weighted by Gasteiger charge is -2.20.